The van der Waals surface area contributed by atoms with Gasteiger partial charge in [-0.25, -0.2) is 0 Å². The lowest BCUT2D eigenvalue weighted by atomic mass is 10.0. The van der Waals surface area contributed by atoms with Gasteiger partial charge in [0.15, 0.2) is 0 Å². The molecule has 22 heavy (non-hydrogen) atoms. The molecule has 0 fully saturated rings. The zero-order chi connectivity index (χ0) is 15.7. The monoisotopic (exact) mass is 295 g/mol. The lowest BCUT2D eigenvalue weighted by Gasteiger charge is -2.06. The standard InChI is InChI=1S/C18H17NO3/c1-11-7-8-14-13(10-22-18(14)12(11)2)9-17(21)19-15-5-3-4-6-16(15)20/h3-8,10,20H,9H2,1-2H3,(H,19,21). The maximum atomic E-state index is 12.2. The Morgan fingerprint density at radius 2 is 1.95 bits per heavy atom. The summed E-state index contributed by atoms with van der Waals surface area (Å²) in [5.41, 5.74) is 4.32. The molecular formula is C18H17NO3. The van der Waals surface area contributed by atoms with Crippen molar-refractivity contribution in [3.63, 3.8) is 0 Å². The number of furan rings is 1. The number of para-hydroxylation sites is 2. The summed E-state index contributed by atoms with van der Waals surface area (Å²) in [5, 5.41) is 13.4. The Kier molecular flexibility index (Phi) is 3.59. The van der Waals surface area contributed by atoms with Gasteiger partial charge in [-0.1, -0.05) is 24.3 Å². The fourth-order valence-electron chi connectivity index (χ4n) is 2.47. The summed E-state index contributed by atoms with van der Waals surface area (Å²) in [6.45, 7) is 4.04. The van der Waals surface area contributed by atoms with Crippen molar-refractivity contribution in [1.29, 1.82) is 0 Å². The topological polar surface area (TPSA) is 62.5 Å². The maximum absolute atomic E-state index is 12.2. The Morgan fingerprint density at radius 1 is 1.18 bits per heavy atom. The Bertz CT molecular complexity index is 849. The predicted molar refractivity (Wildman–Crippen MR) is 86.1 cm³/mol. The smallest absolute Gasteiger partial charge is 0.229 e. The fourth-order valence-corrected chi connectivity index (χ4v) is 2.47. The van der Waals surface area contributed by atoms with Crippen LogP contribution in [0.5, 0.6) is 5.75 Å². The van der Waals surface area contributed by atoms with Crippen LogP contribution in [-0.4, -0.2) is 11.0 Å². The van der Waals surface area contributed by atoms with E-state index in [0.717, 1.165) is 27.7 Å². The van der Waals surface area contributed by atoms with E-state index in [1.54, 1.807) is 24.5 Å². The SMILES string of the molecule is Cc1ccc2c(CC(=O)Nc3ccccc3O)coc2c1C. The number of fused-ring (bicyclic) bond motifs is 1. The number of rotatable bonds is 3. The largest absolute Gasteiger partial charge is 0.506 e. The zero-order valence-corrected chi connectivity index (χ0v) is 12.5. The Balaban J connectivity index is 1.83. The number of carbonyl (C=O) groups excluding carboxylic acids is 1. The van der Waals surface area contributed by atoms with E-state index in [2.05, 4.69) is 5.32 Å². The molecule has 1 amide bonds. The van der Waals surface area contributed by atoms with Crippen LogP contribution in [0, 0.1) is 13.8 Å². The molecule has 0 aliphatic heterocycles. The van der Waals surface area contributed by atoms with Crippen LogP contribution in [0.2, 0.25) is 0 Å². The predicted octanol–water partition coefficient (Wildman–Crippen LogP) is 3.94. The van der Waals surface area contributed by atoms with Gasteiger partial charge < -0.3 is 14.8 Å². The third-order valence-corrected chi connectivity index (χ3v) is 3.87. The number of aromatic hydroxyl groups is 1. The molecule has 0 aliphatic rings. The molecule has 0 radical (unpaired) electrons. The van der Waals surface area contributed by atoms with E-state index in [4.69, 9.17) is 4.42 Å². The van der Waals surface area contributed by atoms with Gasteiger partial charge in [-0.15, -0.1) is 0 Å². The summed E-state index contributed by atoms with van der Waals surface area (Å²) in [6.07, 6.45) is 1.82. The fraction of sp³-hybridized carbons (Fsp3) is 0.167. The first kappa shape index (κ1) is 14.2. The van der Waals surface area contributed by atoms with Gasteiger partial charge in [-0.05, 0) is 37.1 Å². The quantitative estimate of drug-likeness (QED) is 0.719. The molecule has 0 atom stereocenters. The molecule has 2 aromatic carbocycles. The summed E-state index contributed by atoms with van der Waals surface area (Å²) in [7, 11) is 0. The maximum Gasteiger partial charge on any atom is 0.229 e. The number of hydrogen-bond donors (Lipinski definition) is 2. The highest BCUT2D eigenvalue weighted by Crippen LogP contribution is 2.27. The van der Waals surface area contributed by atoms with E-state index in [1.807, 2.05) is 26.0 Å². The van der Waals surface area contributed by atoms with Gasteiger partial charge in [0.05, 0.1) is 18.4 Å². The molecule has 4 heteroatoms. The van der Waals surface area contributed by atoms with Crippen molar-refractivity contribution in [2.24, 2.45) is 0 Å². The Labute approximate surface area is 128 Å². The lowest BCUT2D eigenvalue weighted by molar-refractivity contribution is -0.115. The molecule has 112 valence electrons. The summed E-state index contributed by atoms with van der Waals surface area (Å²) in [6, 6.07) is 10.7. The molecule has 0 spiro atoms. The molecule has 0 bridgehead atoms. The normalized spacial score (nSPS) is 10.8. The van der Waals surface area contributed by atoms with Gasteiger partial charge in [0, 0.05) is 10.9 Å². The highest BCUT2D eigenvalue weighted by molar-refractivity contribution is 5.96. The summed E-state index contributed by atoms with van der Waals surface area (Å²) >= 11 is 0. The van der Waals surface area contributed by atoms with Gasteiger partial charge in [0.25, 0.3) is 0 Å². The first-order chi connectivity index (χ1) is 10.6. The molecule has 4 nitrogen and oxygen atoms in total. The Morgan fingerprint density at radius 3 is 2.73 bits per heavy atom. The van der Waals surface area contributed by atoms with Gasteiger partial charge in [0.2, 0.25) is 5.91 Å². The third kappa shape index (κ3) is 2.55. The van der Waals surface area contributed by atoms with E-state index in [-0.39, 0.29) is 18.1 Å². The van der Waals surface area contributed by atoms with E-state index in [9.17, 15) is 9.90 Å². The van der Waals surface area contributed by atoms with Crippen LogP contribution in [0.1, 0.15) is 16.7 Å². The first-order valence-electron chi connectivity index (χ1n) is 7.10. The summed E-state index contributed by atoms with van der Waals surface area (Å²) in [4.78, 5) is 12.2. The lowest BCUT2D eigenvalue weighted by Crippen LogP contribution is -2.14. The minimum atomic E-state index is -0.192. The second-order valence-electron chi connectivity index (χ2n) is 5.39. The van der Waals surface area contributed by atoms with Crippen LogP contribution in [0.15, 0.2) is 47.1 Å². The van der Waals surface area contributed by atoms with E-state index in [1.165, 1.54) is 6.07 Å². The molecule has 0 saturated heterocycles. The van der Waals surface area contributed by atoms with Gasteiger partial charge in [-0.3, -0.25) is 4.79 Å². The van der Waals surface area contributed by atoms with Crippen molar-refractivity contribution in [3.8, 4) is 5.75 Å². The minimum Gasteiger partial charge on any atom is -0.506 e. The minimum absolute atomic E-state index is 0.0550. The van der Waals surface area contributed by atoms with Crippen LogP contribution < -0.4 is 5.32 Å². The summed E-state index contributed by atoms with van der Waals surface area (Å²) < 4.78 is 5.61. The second kappa shape index (κ2) is 5.56. The molecule has 3 aromatic rings. The van der Waals surface area contributed by atoms with Gasteiger partial charge in [0.1, 0.15) is 11.3 Å². The van der Waals surface area contributed by atoms with Crippen molar-refractivity contribution in [2.45, 2.75) is 20.3 Å². The number of aryl methyl sites for hydroxylation is 2. The van der Waals surface area contributed by atoms with Crippen molar-refractivity contribution < 1.29 is 14.3 Å². The number of phenolic OH excluding ortho intramolecular Hbond substituents is 1. The third-order valence-electron chi connectivity index (χ3n) is 3.87. The van der Waals surface area contributed by atoms with Crippen LogP contribution >= 0.6 is 0 Å². The van der Waals surface area contributed by atoms with Gasteiger partial charge in [-0.2, -0.15) is 0 Å². The zero-order valence-electron chi connectivity index (χ0n) is 12.5. The summed E-state index contributed by atoms with van der Waals surface area (Å²) in [5.74, 6) is -0.137. The number of hydrogen-bond acceptors (Lipinski definition) is 3. The molecule has 2 N–H and O–H groups in total. The molecule has 0 unspecified atom stereocenters. The van der Waals surface area contributed by atoms with E-state index in [0.29, 0.717) is 5.69 Å². The molecular weight excluding hydrogens is 278 g/mol. The second-order valence-corrected chi connectivity index (χ2v) is 5.39. The number of amides is 1. The number of carbonyl (C=O) groups is 1. The highest BCUT2D eigenvalue weighted by atomic mass is 16.3. The number of anilines is 1. The first-order valence-corrected chi connectivity index (χ1v) is 7.10. The average Bonchev–Trinajstić information content (AvgIpc) is 2.89. The average molecular weight is 295 g/mol. The van der Waals surface area contributed by atoms with Crippen molar-refractivity contribution in [3.05, 3.63) is 59.4 Å². The molecule has 3 rings (SSSR count). The van der Waals surface area contributed by atoms with Crippen LogP contribution in [0.4, 0.5) is 5.69 Å². The molecule has 1 aromatic heterocycles. The highest BCUT2D eigenvalue weighted by Gasteiger charge is 2.13. The number of phenols is 1. The molecule has 1 heterocycles. The number of nitrogens with one attached hydrogen (secondary N) is 1. The molecule has 0 aliphatic carbocycles. The van der Waals surface area contributed by atoms with Gasteiger partial charge >= 0.3 is 0 Å². The van der Waals surface area contributed by atoms with Crippen LogP contribution in [0.25, 0.3) is 11.0 Å². The van der Waals surface area contributed by atoms with Crippen molar-refractivity contribution >= 4 is 22.6 Å². The Hall–Kier alpha value is -2.75. The van der Waals surface area contributed by atoms with Crippen LogP contribution in [0.3, 0.4) is 0 Å². The van der Waals surface area contributed by atoms with E-state index >= 15 is 0 Å². The van der Waals surface area contributed by atoms with E-state index < -0.39 is 0 Å². The van der Waals surface area contributed by atoms with Crippen molar-refractivity contribution in [2.75, 3.05) is 5.32 Å². The number of benzene rings is 2. The van der Waals surface area contributed by atoms with Crippen LogP contribution in [-0.2, 0) is 11.2 Å². The molecule has 0 saturated carbocycles. The van der Waals surface area contributed by atoms with Crippen molar-refractivity contribution in [1.82, 2.24) is 0 Å².